The number of nitrogens with zero attached hydrogens (tertiary/aromatic N) is 1. The molecule has 2 unspecified atom stereocenters. The lowest BCUT2D eigenvalue weighted by molar-refractivity contribution is -0.385. The van der Waals surface area contributed by atoms with Gasteiger partial charge in [0.25, 0.3) is 0 Å². The van der Waals surface area contributed by atoms with Gasteiger partial charge in [0, 0.05) is 10.9 Å². The molecule has 17 heavy (non-hydrogen) atoms. The smallest absolute Gasteiger partial charge is 0.310 e. The fourth-order valence-electron chi connectivity index (χ4n) is 1.69. The summed E-state index contributed by atoms with van der Waals surface area (Å²) >= 11 is 3.60. The molecular weight excluding hydrogens is 286 g/mol. The van der Waals surface area contributed by atoms with Gasteiger partial charge >= 0.3 is 5.69 Å². The summed E-state index contributed by atoms with van der Waals surface area (Å²) in [4.78, 5) is 10.7. The Bertz CT molecular complexity index is 409. The number of hydrogen-bond donors (Lipinski definition) is 0. The Kier molecular flexibility index (Phi) is 4.93. The highest BCUT2D eigenvalue weighted by Gasteiger charge is 2.19. The summed E-state index contributed by atoms with van der Waals surface area (Å²) in [6.45, 7) is 4.18. The van der Waals surface area contributed by atoms with E-state index in [0.717, 1.165) is 12.0 Å². The van der Waals surface area contributed by atoms with Crippen LogP contribution in [0.15, 0.2) is 18.2 Å². The molecule has 0 saturated heterocycles. The highest BCUT2D eigenvalue weighted by atomic mass is 79.9. The molecule has 0 aromatic heterocycles. The molecule has 0 aliphatic heterocycles. The van der Waals surface area contributed by atoms with E-state index in [1.54, 1.807) is 12.1 Å². The lowest BCUT2D eigenvalue weighted by Gasteiger charge is -2.17. The second kappa shape index (κ2) is 6.00. The number of methoxy groups -OCH3 is 1. The van der Waals surface area contributed by atoms with Crippen LogP contribution in [0.4, 0.5) is 5.69 Å². The topological polar surface area (TPSA) is 52.4 Å². The van der Waals surface area contributed by atoms with Crippen LogP contribution in [-0.4, -0.2) is 16.9 Å². The van der Waals surface area contributed by atoms with E-state index in [-0.39, 0.29) is 11.6 Å². The number of ether oxygens (including phenoxy) is 1. The van der Waals surface area contributed by atoms with Crippen LogP contribution in [-0.2, 0) is 0 Å². The van der Waals surface area contributed by atoms with Gasteiger partial charge in [-0.2, -0.15) is 0 Å². The predicted molar refractivity (Wildman–Crippen MR) is 71.1 cm³/mol. The SMILES string of the molecule is CCC(Br)C(C)c1ccc([N+](=O)[O-])c(OC)c1. The summed E-state index contributed by atoms with van der Waals surface area (Å²) in [7, 11) is 1.45. The highest BCUT2D eigenvalue weighted by molar-refractivity contribution is 9.09. The molecule has 4 nitrogen and oxygen atoms in total. The van der Waals surface area contributed by atoms with Crippen LogP contribution in [0.3, 0.4) is 0 Å². The molecule has 0 bridgehead atoms. The molecule has 1 aromatic carbocycles. The number of nitro groups is 1. The van der Waals surface area contributed by atoms with Crippen LogP contribution < -0.4 is 4.74 Å². The minimum atomic E-state index is -0.432. The van der Waals surface area contributed by atoms with Crippen molar-refractivity contribution in [3.8, 4) is 5.75 Å². The zero-order valence-electron chi connectivity index (χ0n) is 10.1. The first kappa shape index (κ1) is 14.0. The van der Waals surface area contributed by atoms with Gasteiger partial charge in [-0.05, 0) is 24.0 Å². The molecule has 2 atom stereocenters. The van der Waals surface area contributed by atoms with Gasteiger partial charge < -0.3 is 4.74 Å². The maximum absolute atomic E-state index is 10.8. The minimum absolute atomic E-state index is 0.00562. The second-order valence-corrected chi connectivity index (χ2v) is 5.08. The van der Waals surface area contributed by atoms with E-state index < -0.39 is 4.92 Å². The maximum Gasteiger partial charge on any atom is 0.310 e. The Morgan fingerprint density at radius 1 is 1.53 bits per heavy atom. The standard InChI is InChI=1S/C12H16BrNO3/c1-4-10(13)8(2)9-5-6-11(14(15)16)12(7-9)17-3/h5-8,10H,4H2,1-3H3. The van der Waals surface area contributed by atoms with Crippen LogP contribution in [0, 0.1) is 10.1 Å². The number of halogens is 1. The Morgan fingerprint density at radius 3 is 2.65 bits per heavy atom. The predicted octanol–water partition coefficient (Wildman–Crippen LogP) is 3.88. The Balaban J connectivity index is 3.09. The van der Waals surface area contributed by atoms with Crippen LogP contribution in [0.1, 0.15) is 31.7 Å². The van der Waals surface area contributed by atoms with Crippen LogP contribution in [0.5, 0.6) is 5.75 Å². The van der Waals surface area contributed by atoms with Crippen LogP contribution in [0.25, 0.3) is 0 Å². The van der Waals surface area contributed by atoms with Crippen molar-refractivity contribution >= 4 is 21.6 Å². The van der Waals surface area contributed by atoms with Gasteiger partial charge in [0.05, 0.1) is 12.0 Å². The molecule has 0 aliphatic rings. The van der Waals surface area contributed by atoms with E-state index >= 15 is 0 Å². The molecule has 0 amide bonds. The molecule has 0 N–H and O–H groups in total. The second-order valence-electron chi connectivity index (χ2n) is 3.90. The van der Waals surface area contributed by atoms with E-state index in [0.29, 0.717) is 10.6 Å². The molecule has 1 aromatic rings. The van der Waals surface area contributed by atoms with E-state index in [1.165, 1.54) is 13.2 Å². The summed E-state index contributed by atoms with van der Waals surface area (Å²) < 4.78 is 5.05. The average molecular weight is 302 g/mol. The molecule has 1 rings (SSSR count). The molecule has 94 valence electrons. The Hall–Kier alpha value is -1.10. The van der Waals surface area contributed by atoms with Crippen LogP contribution in [0.2, 0.25) is 0 Å². The summed E-state index contributed by atoms with van der Waals surface area (Å²) in [5.74, 6) is 0.602. The maximum atomic E-state index is 10.8. The third kappa shape index (κ3) is 3.19. The third-order valence-electron chi connectivity index (χ3n) is 2.86. The third-order valence-corrected chi connectivity index (χ3v) is 4.30. The van der Waals surface area contributed by atoms with Crippen molar-refractivity contribution < 1.29 is 9.66 Å². The quantitative estimate of drug-likeness (QED) is 0.471. The largest absolute Gasteiger partial charge is 0.490 e. The van der Waals surface area contributed by atoms with Crippen molar-refractivity contribution in [2.45, 2.75) is 31.0 Å². The molecule has 0 spiro atoms. The fourth-order valence-corrected chi connectivity index (χ4v) is 2.00. The lowest BCUT2D eigenvalue weighted by atomic mass is 9.96. The van der Waals surface area contributed by atoms with Gasteiger partial charge in [-0.3, -0.25) is 10.1 Å². The number of hydrogen-bond acceptors (Lipinski definition) is 3. The average Bonchev–Trinajstić information content (AvgIpc) is 2.35. The summed E-state index contributed by atoms with van der Waals surface area (Å²) in [5, 5.41) is 10.8. The number of rotatable bonds is 5. The number of benzene rings is 1. The van der Waals surface area contributed by atoms with Crippen LogP contribution >= 0.6 is 15.9 Å². The Labute approximate surface area is 109 Å². The molecule has 0 heterocycles. The summed E-state index contributed by atoms with van der Waals surface area (Å²) in [5.41, 5.74) is 1.04. The van der Waals surface area contributed by atoms with Crippen molar-refractivity contribution in [3.05, 3.63) is 33.9 Å². The monoisotopic (exact) mass is 301 g/mol. The molecule has 0 radical (unpaired) electrons. The van der Waals surface area contributed by atoms with E-state index in [9.17, 15) is 10.1 Å². The zero-order chi connectivity index (χ0) is 13.0. The van der Waals surface area contributed by atoms with E-state index in [1.807, 2.05) is 0 Å². The highest BCUT2D eigenvalue weighted by Crippen LogP contribution is 2.33. The van der Waals surface area contributed by atoms with Crippen molar-refractivity contribution in [1.29, 1.82) is 0 Å². The first-order valence-electron chi connectivity index (χ1n) is 5.47. The molecule has 0 fully saturated rings. The van der Waals surface area contributed by atoms with Gasteiger partial charge in [-0.15, -0.1) is 0 Å². The molecule has 5 heteroatoms. The zero-order valence-corrected chi connectivity index (χ0v) is 11.7. The number of alkyl halides is 1. The first-order chi connectivity index (χ1) is 8.01. The summed E-state index contributed by atoms with van der Waals surface area (Å²) in [6.07, 6.45) is 1.00. The lowest BCUT2D eigenvalue weighted by Crippen LogP contribution is -2.08. The van der Waals surface area contributed by atoms with Crippen molar-refractivity contribution in [3.63, 3.8) is 0 Å². The van der Waals surface area contributed by atoms with Gasteiger partial charge in [-0.1, -0.05) is 35.8 Å². The fraction of sp³-hybridized carbons (Fsp3) is 0.500. The van der Waals surface area contributed by atoms with Crippen molar-refractivity contribution in [2.75, 3.05) is 7.11 Å². The van der Waals surface area contributed by atoms with Crippen molar-refractivity contribution in [2.24, 2.45) is 0 Å². The molecular formula is C12H16BrNO3. The number of nitro benzene ring substituents is 1. The molecule has 0 saturated carbocycles. The van der Waals surface area contributed by atoms with Gasteiger partial charge in [0.15, 0.2) is 5.75 Å². The minimum Gasteiger partial charge on any atom is -0.490 e. The first-order valence-corrected chi connectivity index (χ1v) is 6.39. The van der Waals surface area contributed by atoms with E-state index in [2.05, 4.69) is 29.8 Å². The molecule has 0 aliphatic carbocycles. The normalized spacial score (nSPS) is 14.1. The van der Waals surface area contributed by atoms with E-state index in [4.69, 9.17) is 4.74 Å². The summed E-state index contributed by atoms with van der Waals surface area (Å²) in [6, 6.07) is 5.03. The van der Waals surface area contributed by atoms with Crippen molar-refractivity contribution in [1.82, 2.24) is 0 Å². The van der Waals surface area contributed by atoms with Gasteiger partial charge in [-0.25, -0.2) is 0 Å². The van der Waals surface area contributed by atoms with Gasteiger partial charge in [0.2, 0.25) is 0 Å². The van der Waals surface area contributed by atoms with Gasteiger partial charge in [0.1, 0.15) is 0 Å². The Morgan fingerprint density at radius 2 is 2.18 bits per heavy atom.